The van der Waals surface area contributed by atoms with Crippen LogP contribution in [-0.2, 0) is 4.74 Å². The number of nitrogens with two attached hydrogens (primary N) is 1. The summed E-state index contributed by atoms with van der Waals surface area (Å²) in [5, 5.41) is 0. The molecule has 0 aliphatic carbocycles. The molecule has 1 aromatic heterocycles. The summed E-state index contributed by atoms with van der Waals surface area (Å²) < 4.78 is 13.5. The smallest absolute Gasteiger partial charge is 0.281 e. The van der Waals surface area contributed by atoms with E-state index in [0.717, 1.165) is 24.9 Å². The molecule has 0 radical (unpaired) electrons. The normalized spacial score (nSPS) is 16.5. The third-order valence-corrected chi connectivity index (χ3v) is 4.50. The SMILES string of the molecule is CN=C(N)OCC1c2cc(I)ccc2Oc2ncc(Br)cc21. The number of aliphatic imine (C=N–C) groups is 1. The summed E-state index contributed by atoms with van der Waals surface area (Å²) in [7, 11) is 1.60. The van der Waals surface area contributed by atoms with Crippen molar-refractivity contribution < 1.29 is 9.47 Å². The van der Waals surface area contributed by atoms with Crippen LogP contribution in [0.25, 0.3) is 0 Å². The second kappa shape index (κ2) is 6.41. The van der Waals surface area contributed by atoms with Gasteiger partial charge in [-0.25, -0.2) is 9.98 Å². The number of benzene rings is 1. The summed E-state index contributed by atoms with van der Waals surface area (Å²) in [6.45, 7) is 0.380. The molecule has 0 fully saturated rings. The summed E-state index contributed by atoms with van der Waals surface area (Å²) in [6.07, 6.45) is 1.72. The summed E-state index contributed by atoms with van der Waals surface area (Å²) in [4.78, 5) is 8.18. The highest BCUT2D eigenvalue weighted by Crippen LogP contribution is 2.44. The summed E-state index contributed by atoms with van der Waals surface area (Å²) in [5.74, 6) is 1.37. The lowest BCUT2D eigenvalue weighted by atomic mass is 9.90. The maximum absolute atomic E-state index is 5.90. The Balaban J connectivity index is 2.05. The molecule has 114 valence electrons. The predicted molar refractivity (Wildman–Crippen MR) is 96.5 cm³/mol. The number of aromatic nitrogens is 1. The molecule has 0 bridgehead atoms. The van der Waals surface area contributed by atoms with Gasteiger partial charge in [0.05, 0.1) is 5.92 Å². The molecule has 0 saturated carbocycles. The molecule has 7 heteroatoms. The third kappa shape index (κ3) is 3.05. The van der Waals surface area contributed by atoms with Crippen LogP contribution in [0.1, 0.15) is 17.0 Å². The Morgan fingerprint density at radius 2 is 2.27 bits per heavy atom. The monoisotopic (exact) mass is 473 g/mol. The standard InChI is InChI=1S/C15H13BrIN3O2/c1-19-15(18)21-7-12-10-5-9(17)2-3-13(10)22-14-11(12)4-8(16)6-20-14/h2-6,12H,7H2,1H3,(H2,18,19). The maximum atomic E-state index is 5.90. The first-order valence-corrected chi connectivity index (χ1v) is 8.43. The molecule has 5 nitrogen and oxygen atoms in total. The van der Waals surface area contributed by atoms with Gasteiger partial charge < -0.3 is 15.2 Å². The molecule has 1 aliphatic heterocycles. The molecule has 1 atom stereocenters. The minimum Gasteiger partial charge on any atom is -0.464 e. The van der Waals surface area contributed by atoms with Crippen LogP contribution in [-0.4, -0.2) is 24.7 Å². The number of amidine groups is 1. The minimum absolute atomic E-state index is 0.0150. The minimum atomic E-state index is -0.0150. The van der Waals surface area contributed by atoms with Crippen molar-refractivity contribution in [2.24, 2.45) is 10.7 Å². The average Bonchev–Trinajstić information content (AvgIpc) is 2.51. The molecule has 1 unspecified atom stereocenters. The topological polar surface area (TPSA) is 69.7 Å². The van der Waals surface area contributed by atoms with Crippen molar-refractivity contribution in [1.82, 2.24) is 4.98 Å². The number of halogens is 2. The van der Waals surface area contributed by atoms with Gasteiger partial charge >= 0.3 is 0 Å². The molecule has 2 heterocycles. The Hall–Kier alpha value is -1.35. The summed E-state index contributed by atoms with van der Waals surface area (Å²) in [5.41, 5.74) is 7.68. The van der Waals surface area contributed by atoms with Crippen molar-refractivity contribution in [3.63, 3.8) is 0 Å². The first kappa shape index (κ1) is 15.5. The second-order valence-corrected chi connectivity index (χ2v) is 6.92. The molecule has 22 heavy (non-hydrogen) atoms. The van der Waals surface area contributed by atoms with E-state index in [9.17, 15) is 0 Å². The van der Waals surface area contributed by atoms with Crippen LogP contribution in [0.15, 0.2) is 39.9 Å². The van der Waals surface area contributed by atoms with E-state index in [1.54, 1.807) is 13.2 Å². The number of hydrogen-bond acceptors (Lipinski definition) is 4. The Morgan fingerprint density at radius 3 is 3.05 bits per heavy atom. The van der Waals surface area contributed by atoms with Crippen LogP contribution >= 0.6 is 38.5 Å². The van der Waals surface area contributed by atoms with E-state index in [1.807, 2.05) is 18.2 Å². The van der Waals surface area contributed by atoms with Gasteiger partial charge in [0.25, 0.3) is 6.02 Å². The Bertz CT molecular complexity index is 700. The van der Waals surface area contributed by atoms with E-state index in [2.05, 4.69) is 54.6 Å². The quantitative estimate of drug-likeness (QED) is 0.410. The lowest BCUT2D eigenvalue weighted by Crippen LogP contribution is -2.22. The number of rotatable bonds is 2. The third-order valence-electron chi connectivity index (χ3n) is 3.39. The van der Waals surface area contributed by atoms with Crippen molar-refractivity contribution in [1.29, 1.82) is 0 Å². The van der Waals surface area contributed by atoms with E-state index in [-0.39, 0.29) is 11.9 Å². The van der Waals surface area contributed by atoms with E-state index in [0.29, 0.717) is 12.5 Å². The summed E-state index contributed by atoms with van der Waals surface area (Å²) >= 11 is 5.74. The van der Waals surface area contributed by atoms with Crippen LogP contribution < -0.4 is 10.5 Å². The number of ether oxygens (including phenoxy) is 2. The molecule has 0 saturated heterocycles. The maximum Gasteiger partial charge on any atom is 0.281 e. The van der Waals surface area contributed by atoms with E-state index in [4.69, 9.17) is 15.2 Å². The van der Waals surface area contributed by atoms with E-state index < -0.39 is 0 Å². The van der Waals surface area contributed by atoms with E-state index >= 15 is 0 Å². The number of fused-ring (bicyclic) bond motifs is 2. The average molecular weight is 474 g/mol. The zero-order chi connectivity index (χ0) is 15.7. The van der Waals surface area contributed by atoms with Gasteiger partial charge in [0.2, 0.25) is 5.88 Å². The van der Waals surface area contributed by atoms with Crippen LogP contribution in [0.2, 0.25) is 0 Å². The zero-order valence-corrected chi connectivity index (χ0v) is 15.5. The molecule has 1 aliphatic rings. The molecule has 3 rings (SSSR count). The van der Waals surface area contributed by atoms with Gasteiger partial charge in [-0.15, -0.1) is 0 Å². The first-order valence-electron chi connectivity index (χ1n) is 6.56. The van der Waals surface area contributed by atoms with Gasteiger partial charge in [-0.05, 0) is 62.8 Å². The Morgan fingerprint density at radius 1 is 1.45 bits per heavy atom. The molecule has 0 amide bonds. The number of hydrogen-bond donors (Lipinski definition) is 1. The van der Waals surface area contributed by atoms with Crippen LogP contribution in [0.4, 0.5) is 0 Å². The number of nitrogens with zero attached hydrogens (tertiary/aromatic N) is 2. The fourth-order valence-corrected chi connectivity index (χ4v) is 3.21. The van der Waals surface area contributed by atoms with Gasteiger partial charge in [0, 0.05) is 32.4 Å². The Kier molecular flexibility index (Phi) is 4.53. The molecular formula is C15H13BrIN3O2. The van der Waals surface area contributed by atoms with Crippen LogP contribution in [0.3, 0.4) is 0 Å². The van der Waals surface area contributed by atoms with E-state index in [1.165, 1.54) is 0 Å². The molecule has 0 spiro atoms. The van der Waals surface area contributed by atoms with Gasteiger partial charge in [-0.1, -0.05) is 0 Å². The highest BCUT2D eigenvalue weighted by molar-refractivity contribution is 14.1. The molecule has 2 aromatic rings. The zero-order valence-electron chi connectivity index (χ0n) is 11.7. The van der Waals surface area contributed by atoms with Gasteiger partial charge in [-0.2, -0.15) is 0 Å². The van der Waals surface area contributed by atoms with Crippen molar-refractivity contribution in [3.05, 3.63) is 49.6 Å². The highest BCUT2D eigenvalue weighted by Gasteiger charge is 2.29. The second-order valence-electron chi connectivity index (χ2n) is 4.76. The van der Waals surface area contributed by atoms with Gasteiger partial charge in [-0.3, -0.25) is 0 Å². The fraction of sp³-hybridized carbons (Fsp3) is 0.200. The highest BCUT2D eigenvalue weighted by atomic mass is 127. The van der Waals surface area contributed by atoms with Crippen LogP contribution in [0.5, 0.6) is 11.6 Å². The summed E-state index contributed by atoms with van der Waals surface area (Å²) in [6, 6.07) is 8.21. The lowest BCUT2D eigenvalue weighted by Gasteiger charge is -2.27. The van der Waals surface area contributed by atoms with Gasteiger partial charge in [0.15, 0.2) is 0 Å². The van der Waals surface area contributed by atoms with Crippen molar-refractivity contribution in [3.8, 4) is 11.6 Å². The molecule has 1 aromatic carbocycles. The largest absolute Gasteiger partial charge is 0.464 e. The van der Waals surface area contributed by atoms with Crippen molar-refractivity contribution >= 4 is 44.5 Å². The Labute approximate surface area is 150 Å². The molecular weight excluding hydrogens is 461 g/mol. The van der Waals surface area contributed by atoms with Gasteiger partial charge in [0.1, 0.15) is 12.4 Å². The van der Waals surface area contributed by atoms with Crippen molar-refractivity contribution in [2.75, 3.05) is 13.7 Å². The van der Waals surface area contributed by atoms with Crippen LogP contribution in [0, 0.1) is 3.57 Å². The van der Waals surface area contributed by atoms with Crippen molar-refractivity contribution in [2.45, 2.75) is 5.92 Å². The molecule has 2 N–H and O–H groups in total. The first-order chi connectivity index (χ1) is 10.6. The predicted octanol–water partition coefficient (Wildman–Crippen LogP) is 3.65. The lowest BCUT2D eigenvalue weighted by molar-refractivity contribution is 0.275. The number of pyridine rings is 1. The fourth-order valence-electron chi connectivity index (χ4n) is 2.35.